The van der Waals surface area contributed by atoms with Crippen LogP contribution in [0, 0.1) is 0 Å². The Morgan fingerprint density at radius 2 is 1.81 bits per heavy atom. The lowest BCUT2D eigenvalue weighted by atomic mass is 10.0. The SMILES string of the molecule is CCCCN1C(=O)c2ccc(C(=O)N3c4ccccc4CC3C)cc2C1=O. The van der Waals surface area contributed by atoms with Crippen LogP contribution in [0.15, 0.2) is 42.5 Å². The first-order valence-corrected chi connectivity index (χ1v) is 9.44. The smallest absolute Gasteiger partial charge is 0.261 e. The number of nitrogens with zero attached hydrogens (tertiary/aromatic N) is 2. The van der Waals surface area contributed by atoms with Crippen molar-refractivity contribution in [3.63, 3.8) is 0 Å². The van der Waals surface area contributed by atoms with E-state index in [1.807, 2.05) is 38.1 Å². The van der Waals surface area contributed by atoms with Crippen molar-refractivity contribution >= 4 is 23.4 Å². The van der Waals surface area contributed by atoms with Gasteiger partial charge in [0.2, 0.25) is 0 Å². The molecule has 0 aliphatic carbocycles. The van der Waals surface area contributed by atoms with Gasteiger partial charge in [0.25, 0.3) is 17.7 Å². The Morgan fingerprint density at radius 1 is 1.07 bits per heavy atom. The molecule has 0 radical (unpaired) electrons. The van der Waals surface area contributed by atoms with Crippen LogP contribution in [0.2, 0.25) is 0 Å². The highest BCUT2D eigenvalue weighted by molar-refractivity contribution is 6.22. The van der Waals surface area contributed by atoms with E-state index in [1.54, 1.807) is 23.1 Å². The molecular formula is C22H22N2O3. The Morgan fingerprint density at radius 3 is 2.59 bits per heavy atom. The second kappa shape index (κ2) is 6.65. The first-order valence-electron chi connectivity index (χ1n) is 9.44. The Balaban J connectivity index is 1.66. The molecule has 2 aromatic carbocycles. The third kappa shape index (κ3) is 2.74. The third-order valence-corrected chi connectivity index (χ3v) is 5.38. The van der Waals surface area contributed by atoms with Crippen LogP contribution >= 0.6 is 0 Å². The summed E-state index contributed by atoms with van der Waals surface area (Å²) in [6.45, 7) is 4.46. The standard InChI is InChI=1S/C22H22N2O3/c1-3-4-11-23-21(26)17-10-9-16(13-18(17)22(23)27)20(25)24-14(2)12-15-7-5-6-8-19(15)24/h5-10,13-14H,3-4,11-12H2,1-2H3. The minimum atomic E-state index is -0.298. The number of fused-ring (bicyclic) bond motifs is 2. The second-order valence-electron chi connectivity index (χ2n) is 7.23. The Hall–Kier alpha value is -2.95. The molecule has 5 heteroatoms. The van der Waals surface area contributed by atoms with Crippen LogP contribution in [0.3, 0.4) is 0 Å². The number of hydrogen-bond acceptors (Lipinski definition) is 3. The summed E-state index contributed by atoms with van der Waals surface area (Å²) in [6, 6.07) is 12.8. The predicted molar refractivity (Wildman–Crippen MR) is 103 cm³/mol. The van der Waals surface area contributed by atoms with Crippen molar-refractivity contribution in [2.75, 3.05) is 11.4 Å². The highest BCUT2D eigenvalue weighted by Crippen LogP contribution is 2.34. The first-order chi connectivity index (χ1) is 13.0. The molecule has 5 nitrogen and oxygen atoms in total. The van der Waals surface area contributed by atoms with E-state index in [-0.39, 0.29) is 23.8 Å². The molecule has 27 heavy (non-hydrogen) atoms. The zero-order valence-electron chi connectivity index (χ0n) is 15.6. The van der Waals surface area contributed by atoms with Gasteiger partial charge in [0, 0.05) is 23.8 Å². The van der Waals surface area contributed by atoms with E-state index in [2.05, 4.69) is 0 Å². The lowest BCUT2D eigenvalue weighted by molar-refractivity contribution is 0.0652. The van der Waals surface area contributed by atoms with Crippen LogP contribution in [-0.4, -0.2) is 35.2 Å². The molecule has 0 N–H and O–H groups in total. The van der Waals surface area contributed by atoms with Crippen molar-refractivity contribution < 1.29 is 14.4 Å². The number of imide groups is 1. The lowest BCUT2D eigenvalue weighted by Gasteiger charge is -2.23. The molecule has 4 rings (SSSR count). The fourth-order valence-electron chi connectivity index (χ4n) is 3.96. The number of hydrogen-bond donors (Lipinski definition) is 0. The van der Waals surface area contributed by atoms with Crippen LogP contribution in [0.5, 0.6) is 0 Å². The zero-order chi connectivity index (χ0) is 19.1. The van der Waals surface area contributed by atoms with Gasteiger partial charge in [-0.05, 0) is 49.6 Å². The second-order valence-corrected chi connectivity index (χ2v) is 7.23. The van der Waals surface area contributed by atoms with Gasteiger partial charge in [-0.2, -0.15) is 0 Å². The number of anilines is 1. The highest BCUT2D eigenvalue weighted by atomic mass is 16.2. The summed E-state index contributed by atoms with van der Waals surface area (Å²) in [4.78, 5) is 41.4. The van der Waals surface area contributed by atoms with Crippen molar-refractivity contribution in [3.8, 4) is 0 Å². The largest absolute Gasteiger partial charge is 0.305 e. The van der Waals surface area contributed by atoms with Crippen molar-refractivity contribution in [2.24, 2.45) is 0 Å². The minimum absolute atomic E-state index is 0.0570. The number of para-hydroxylation sites is 1. The quantitative estimate of drug-likeness (QED) is 0.780. The molecule has 1 unspecified atom stereocenters. The molecule has 2 heterocycles. The predicted octanol–water partition coefficient (Wildman–Crippen LogP) is 3.67. The topological polar surface area (TPSA) is 57.7 Å². The Kier molecular flexibility index (Phi) is 4.30. The minimum Gasteiger partial charge on any atom is -0.305 e. The van der Waals surface area contributed by atoms with Crippen LogP contribution in [0.4, 0.5) is 5.69 Å². The highest BCUT2D eigenvalue weighted by Gasteiger charge is 2.37. The number of rotatable bonds is 4. The summed E-state index contributed by atoms with van der Waals surface area (Å²) in [6.07, 6.45) is 2.50. The normalized spacial score (nSPS) is 18.1. The maximum Gasteiger partial charge on any atom is 0.261 e. The van der Waals surface area contributed by atoms with E-state index in [9.17, 15) is 14.4 Å². The van der Waals surface area contributed by atoms with Crippen molar-refractivity contribution in [1.29, 1.82) is 0 Å². The van der Waals surface area contributed by atoms with Gasteiger partial charge in [0.15, 0.2) is 0 Å². The van der Waals surface area contributed by atoms with Crippen molar-refractivity contribution in [1.82, 2.24) is 4.90 Å². The average Bonchev–Trinajstić information content (AvgIpc) is 3.13. The van der Waals surface area contributed by atoms with Gasteiger partial charge in [-0.3, -0.25) is 19.3 Å². The molecule has 2 aromatic rings. The Labute approximate surface area is 158 Å². The van der Waals surface area contributed by atoms with Gasteiger partial charge in [-0.1, -0.05) is 31.5 Å². The van der Waals surface area contributed by atoms with E-state index in [1.165, 1.54) is 4.90 Å². The van der Waals surface area contributed by atoms with E-state index in [0.29, 0.717) is 23.2 Å². The van der Waals surface area contributed by atoms with Gasteiger partial charge in [0.1, 0.15) is 0 Å². The molecule has 0 saturated carbocycles. The van der Waals surface area contributed by atoms with Gasteiger partial charge in [-0.25, -0.2) is 0 Å². The van der Waals surface area contributed by atoms with Crippen LogP contribution in [0.25, 0.3) is 0 Å². The molecule has 2 aliphatic heterocycles. The lowest BCUT2D eigenvalue weighted by Crippen LogP contribution is -2.35. The summed E-state index contributed by atoms with van der Waals surface area (Å²) >= 11 is 0. The third-order valence-electron chi connectivity index (χ3n) is 5.38. The fourth-order valence-corrected chi connectivity index (χ4v) is 3.96. The number of carbonyl (C=O) groups is 3. The molecule has 3 amide bonds. The van der Waals surface area contributed by atoms with E-state index in [4.69, 9.17) is 0 Å². The number of unbranched alkanes of at least 4 members (excludes halogenated alkanes) is 1. The molecule has 0 bridgehead atoms. The van der Waals surface area contributed by atoms with E-state index >= 15 is 0 Å². The molecule has 1 atom stereocenters. The summed E-state index contributed by atoms with van der Waals surface area (Å²) < 4.78 is 0. The molecule has 0 saturated heterocycles. The number of amides is 3. The van der Waals surface area contributed by atoms with Gasteiger partial charge in [0.05, 0.1) is 11.1 Å². The Bertz CT molecular complexity index is 950. The fraction of sp³-hybridized carbons (Fsp3) is 0.318. The van der Waals surface area contributed by atoms with Gasteiger partial charge in [-0.15, -0.1) is 0 Å². The van der Waals surface area contributed by atoms with Crippen LogP contribution in [0.1, 0.15) is 63.3 Å². The van der Waals surface area contributed by atoms with E-state index in [0.717, 1.165) is 30.5 Å². The first kappa shape index (κ1) is 17.5. The zero-order valence-corrected chi connectivity index (χ0v) is 15.6. The van der Waals surface area contributed by atoms with Crippen molar-refractivity contribution in [2.45, 2.75) is 39.2 Å². The average molecular weight is 362 g/mol. The molecule has 2 aliphatic rings. The van der Waals surface area contributed by atoms with Gasteiger partial charge >= 0.3 is 0 Å². The van der Waals surface area contributed by atoms with Gasteiger partial charge < -0.3 is 4.90 Å². The van der Waals surface area contributed by atoms with Crippen molar-refractivity contribution in [3.05, 3.63) is 64.7 Å². The maximum absolute atomic E-state index is 13.2. The summed E-state index contributed by atoms with van der Waals surface area (Å²) in [7, 11) is 0. The summed E-state index contributed by atoms with van der Waals surface area (Å²) in [5, 5.41) is 0. The maximum atomic E-state index is 13.2. The summed E-state index contributed by atoms with van der Waals surface area (Å²) in [5.74, 6) is -0.696. The summed E-state index contributed by atoms with van der Waals surface area (Å²) in [5.41, 5.74) is 3.24. The van der Waals surface area contributed by atoms with Crippen LogP contribution in [-0.2, 0) is 6.42 Å². The molecular weight excluding hydrogens is 340 g/mol. The monoisotopic (exact) mass is 362 g/mol. The molecule has 0 aromatic heterocycles. The number of benzene rings is 2. The number of carbonyl (C=O) groups excluding carboxylic acids is 3. The molecule has 0 fully saturated rings. The van der Waals surface area contributed by atoms with E-state index < -0.39 is 0 Å². The molecule has 138 valence electrons. The van der Waals surface area contributed by atoms with Crippen LogP contribution < -0.4 is 4.90 Å². The molecule has 0 spiro atoms.